The van der Waals surface area contributed by atoms with Gasteiger partial charge in [0, 0.05) is 22.9 Å². The smallest absolute Gasteiger partial charge is 0.166 e. The Balaban J connectivity index is 2.75. The molecule has 1 aromatic carbocycles. The highest BCUT2D eigenvalue weighted by atomic mass is 32.2. The van der Waals surface area contributed by atoms with Crippen LogP contribution in [0.15, 0.2) is 29.2 Å². The molecule has 2 N–H and O–H groups in total. The van der Waals surface area contributed by atoms with Crippen molar-refractivity contribution in [2.24, 2.45) is 11.7 Å². The first-order valence-electron chi connectivity index (χ1n) is 5.16. The number of rotatable bonds is 5. The van der Waals surface area contributed by atoms with E-state index in [1.807, 2.05) is 31.2 Å². The van der Waals surface area contributed by atoms with Crippen LogP contribution in [0.3, 0.4) is 0 Å². The quantitative estimate of drug-likeness (QED) is 0.616. The van der Waals surface area contributed by atoms with Crippen LogP contribution in [0.1, 0.15) is 24.2 Å². The van der Waals surface area contributed by atoms with Crippen molar-refractivity contribution in [2.45, 2.75) is 18.7 Å². The first kappa shape index (κ1) is 12.3. The van der Waals surface area contributed by atoms with Crippen LogP contribution in [0.4, 0.5) is 0 Å². The van der Waals surface area contributed by atoms with Gasteiger partial charge < -0.3 is 5.73 Å². The summed E-state index contributed by atoms with van der Waals surface area (Å²) in [5, 5.41) is 0. The maximum Gasteiger partial charge on any atom is 0.166 e. The van der Waals surface area contributed by atoms with Gasteiger partial charge in [-0.3, -0.25) is 4.79 Å². The van der Waals surface area contributed by atoms with E-state index in [1.165, 1.54) is 4.90 Å². The molecule has 2 nitrogen and oxygen atoms in total. The van der Waals surface area contributed by atoms with Crippen molar-refractivity contribution in [1.82, 2.24) is 0 Å². The van der Waals surface area contributed by atoms with E-state index in [1.54, 1.807) is 11.8 Å². The molecule has 1 rings (SSSR count). The van der Waals surface area contributed by atoms with Crippen LogP contribution in [-0.2, 0) is 0 Å². The zero-order chi connectivity index (χ0) is 11.3. The Hall–Kier alpha value is -0.800. The number of carbonyl (C=O) groups excluding carboxylic acids is 1. The van der Waals surface area contributed by atoms with Crippen LogP contribution >= 0.6 is 11.8 Å². The Morgan fingerprint density at radius 3 is 2.47 bits per heavy atom. The molecule has 0 saturated heterocycles. The summed E-state index contributed by atoms with van der Waals surface area (Å²) in [5.74, 6) is 1.09. The lowest BCUT2D eigenvalue weighted by atomic mass is 10.00. The van der Waals surface area contributed by atoms with E-state index < -0.39 is 0 Å². The van der Waals surface area contributed by atoms with Crippen molar-refractivity contribution < 1.29 is 4.79 Å². The fourth-order valence-corrected chi connectivity index (χ4v) is 1.94. The van der Waals surface area contributed by atoms with Gasteiger partial charge in [-0.15, -0.1) is 11.8 Å². The molecule has 1 atom stereocenters. The summed E-state index contributed by atoms with van der Waals surface area (Å²) in [7, 11) is 0. The number of carbonyl (C=O) groups is 1. The van der Waals surface area contributed by atoms with Crippen LogP contribution in [0.5, 0.6) is 0 Å². The maximum atomic E-state index is 11.8. The number of benzene rings is 1. The van der Waals surface area contributed by atoms with Crippen molar-refractivity contribution in [1.29, 1.82) is 0 Å². The van der Waals surface area contributed by atoms with Gasteiger partial charge in [0.05, 0.1) is 0 Å². The molecule has 0 aliphatic rings. The molecule has 15 heavy (non-hydrogen) atoms. The molecule has 1 unspecified atom stereocenters. The summed E-state index contributed by atoms with van der Waals surface area (Å²) >= 11 is 1.77. The van der Waals surface area contributed by atoms with E-state index in [0.717, 1.165) is 11.3 Å². The monoisotopic (exact) mass is 223 g/mol. The molecule has 1 aromatic rings. The zero-order valence-corrected chi connectivity index (χ0v) is 10.0. The van der Waals surface area contributed by atoms with Crippen LogP contribution in [0.2, 0.25) is 0 Å². The first-order valence-corrected chi connectivity index (χ1v) is 6.14. The highest BCUT2D eigenvalue weighted by molar-refractivity contribution is 7.99. The van der Waals surface area contributed by atoms with Gasteiger partial charge in [-0.1, -0.05) is 26.0 Å². The first-order chi connectivity index (χ1) is 7.19. The summed E-state index contributed by atoms with van der Waals surface area (Å²) in [6.07, 6.45) is 0. The molecule has 0 heterocycles. The fourth-order valence-electron chi connectivity index (χ4n) is 1.27. The minimum Gasteiger partial charge on any atom is -0.330 e. The molecule has 0 bridgehead atoms. The molecule has 0 fully saturated rings. The SMILES string of the molecule is CCSc1ccc(C(=O)C(C)CN)cc1. The lowest BCUT2D eigenvalue weighted by Crippen LogP contribution is -2.20. The number of nitrogens with two attached hydrogens (primary N) is 1. The molecule has 0 aliphatic carbocycles. The molecule has 0 saturated carbocycles. The van der Waals surface area contributed by atoms with Gasteiger partial charge in [0.2, 0.25) is 0 Å². The number of hydrogen-bond acceptors (Lipinski definition) is 3. The molecular formula is C12H17NOS. The van der Waals surface area contributed by atoms with Crippen molar-refractivity contribution in [2.75, 3.05) is 12.3 Å². The fraction of sp³-hybridized carbons (Fsp3) is 0.417. The summed E-state index contributed by atoms with van der Waals surface area (Å²) in [5.41, 5.74) is 6.22. The van der Waals surface area contributed by atoms with Crippen molar-refractivity contribution in [3.63, 3.8) is 0 Å². The van der Waals surface area contributed by atoms with Crippen molar-refractivity contribution in [3.05, 3.63) is 29.8 Å². The Labute approximate surface area is 95.2 Å². The molecule has 82 valence electrons. The number of Topliss-reactive ketones (excluding diaryl/α,β-unsaturated/α-hetero) is 1. The molecule has 0 spiro atoms. The second kappa shape index (κ2) is 5.93. The van der Waals surface area contributed by atoms with Gasteiger partial charge in [-0.05, 0) is 17.9 Å². The average molecular weight is 223 g/mol. The number of ketones is 1. The van der Waals surface area contributed by atoms with Gasteiger partial charge in [0.15, 0.2) is 5.78 Å². The molecule has 3 heteroatoms. The molecule has 0 aliphatic heterocycles. The second-order valence-corrected chi connectivity index (χ2v) is 4.80. The van der Waals surface area contributed by atoms with Gasteiger partial charge in [-0.2, -0.15) is 0 Å². The van der Waals surface area contributed by atoms with Gasteiger partial charge in [0.1, 0.15) is 0 Å². The van der Waals surface area contributed by atoms with Crippen molar-refractivity contribution in [3.8, 4) is 0 Å². The minimum absolute atomic E-state index is 0.0883. The topological polar surface area (TPSA) is 43.1 Å². The summed E-state index contributed by atoms with van der Waals surface area (Å²) in [6.45, 7) is 4.38. The highest BCUT2D eigenvalue weighted by Crippen LogP contribution is 2.18. The normalized spacial score (nSPS) is 12.5. The van der Waals surface area contributed by atoms with Crippen LogP contribution in [0, 0.1) is 5.92 Å². The minimum atomic E-state index is -0.0883. The van der Waals surface area contributed by atoms with E-state index in [-0.39, 0.29) is 11.7 Å². The highest BCUT2D eigenvalue weighted by Gasteiger charge is 2.12. The van der Waals surface area contributed by atoms with Gasteiger partial charge in [-0.25, -0.2) is 0 Å². The molecular weight excluding hydrogens is 206 g/mol. The Kier molecular flexibility index (Phi) is 4.85. The Morgan fingerprint density at radius 1 is 1.40 bits per heavy atom. The molecule has 0 amide bonds. The summed E-state index contributed by atoms with van der Waals surface area (Å²) in [6, 6.07) is 7.74. The lowest BCUT2D eigenvalue weighted by molar-refractivity contribution is 0.0934. The van der Waals surface area contributed by atoms with E-state index in [0.29, 0.717) is 6.54 Å². The van der Waals surface area contributed by atoms with Gasteiger partial charge in [0.25, 0.3) is 0 Å². The number of hydrogen-bond donors (Lipinski definition) is 1. The summed E-state index contributed by atoms with van der Waals surface area (Å²) in [4.78, 5) is 13.0. The van der Waals surface area contributed by atoms with Crippen LogP contribution < -0.4 is 5.73 Å². The van der Waals surface area contributed by atoms with E-state index in [2.05, 4.69) is 6.92 Å². The van der Waals surface area contributed by atoms with Crippen LogP contribution in [-0.4, -0.2) is 18.1 Å². The number of thioether (sulfide) groups is 1. The third kappa shape index (κ3) is 3.36. The lowest BCUT2D eigenvalue weighted by Gasteiger charge is -2.07. The van der Waals surface area contributed by atoms with E-state index >= 15 is 0 Å². The second-order valence-electron chi connectivity index (χ2n) is 3.46. The summed E-state index contributed by atoms with van der Waals surface area (Å²) < 4.78 is 0. The third-order valence-corrected chi connectivity index (χ3v) is 3.15. The standard InChI is InChI=1S/C12H17NOS/c1-3-15-11-6-4-10(5-7-11)12(14)9(2)8-13/h4-7,9H,3,8,13H2,1-2H3. The van der Waals surface area contributed by atoms with Crippen molar-refractivity contribution >= 4 is 17.5 Å². The van der Waals surface area contributed by atoms with Gasteiger partial charge >= 0.3 is 0 Å². The third-order valence-electron chi connectivity index (χ3n) is 2.25. The molecule has 0 aromatic heterocycles. The zero-order valence-electron chi connectivity index (χ0n) is 9.19. The average Bonchev–Trinajstić information content (AvgIpc) is 2.28. The Bertz CT molecular complexity index is 321. The predicted molar refractivity (Wildman–Crippen MR) is 65.4 cm³/mol. The molecule has 0 radical (unpaired) electrons. The largest absolute Gasteiger partial charge is 0.330 e. The Morgan fingerprint density at radius 2 is 2.00 bits per heavy atom. The van der Waals surface area contributed by atoms with Crippen LogP contribution in [0.25, 0.3) is 0 Å². The van der Waals surface area contributed by atoms with E-state index in [9.17, 15) is 4.79 Å². The van der Waals surface area contributed by atoms with E-state index in [4.69, 9.17) is 5.73 Å². The predicted octanol–water partition coefficient (Wildman–Crippen LogP) is 2.58. The maximum absolute atomic E-state index is 11.8.